The largest absolute Gasteiger partial charge is 0.456 e. The van der Waals surface area contributed by atoms with Crippen molar-refractivity contribution >= 4 is 65.4 Å². The van der Waals surface area contributed by atoms with Crippen molar-refractivity contribution in [2.45, 2.75) is 0 Å². The van der Waals surface area contributed by atoms with E-state index in [1.807, 2.05) is 72.8 Å². The molecule has 2 aliphatic rings. The maximum Gasteiger partial charge on any atom is 0.165 e. The normalized spacial score (nSPS) is 12.0. The molecular formula is C98H56N6O2. The molecule has 16 aromatic carbocycles. The third-order valence-electron chi connectivity index (χ3n) is 21.6. The molecule has 0 fully saturated rings. The molecule has 4 heterocycles. The number of furan rings is 2. The Morgan fingerprint density at radius 2 is 0.528 bits per heavy atom. The average Bonchev–Trinajstić information content (AvgIpc) is 1.55. The molecule has 8 heteroatoms. The van der Waals surface area contributed by atoms with Crippen molar-refractivity contribution in [3.63, 3.8) is 0 Å². The van der Waals surface area contributed by atoms with Crippen LogP contribution in [0, 0.1) is 0 Å². The number of rotatable bonds is 11. The summed E-state index contributed by atoms with van der Waals surface area (Å²) >= 11 is 0. The first-order chi connectivity index (χ1) is 52.5. The number of aromatic nitrogens is 6. The minimum absolute atomic E-state index is 0.560. The van der Waals surface area contributed by atoms with E-state index in [9.17, 15) is 0 Å². The van der Waals surface area contributed by atoms with Crippen molar-refractivity contribution in [2.75, 3.05) is 0 Å². The Morgan fingerprint density at radius 1 is 0.160 bits per heavy atom. The van der Waals surface area contributed by atoms with E-state index in [1.54, 1.807) is 0 Å². The van der Waals surface area contributed by atoms with E-state index in [-0.39, 0.29) is 0 Å². The van der Waals surface area contributed by atoms with E-state index >= 15 is 0 Å². The van der Waals surface area contributed by atoms with Crippen molar-refractivity contribution in [3.05, 3.63) is 340 Å². The average molecular weight is 1350 g/mol. The van der Waals surface area contributed by atoms with E-state index in [4.69, 9.17) is 38.7 Å². The van der Waals surface area contributed by atoms with Gasteiger partial charge in [-0.25, -0.2) is 29.9 Å². The molecule has 0 atom stereocenters. The van der Waals surface area contributed by atoms with E-state index < -0.39 is 0 Å². The Morgan fingerprint density at radius 3 is 1.13 bits per heavy atom. The summed E-state index contributed by atoms with van der Waals surface area (Å²) in [5, 5.41) is 8.79. The number of nitrogens with zero attached hydrogens (tertiary/aromatic N) is 6. The fourth-order valence-corrected chi connectivity index (χ4v) is 16.7. The van der Waals surface area contributed by atoms with Gasteiger partial charge in [0.25, 0.3) is 0 Å². The standard InChI is InChI=1S/C98H56N6O2/c1-3-20-59(21-4-1)93-99-95(102-97(101-93)83-39-19-41-85-89(83)82-38-18-37-80(92(82)106-85)72-51-53-78-70-31-12-10-29-68(70)74-34-17-36-76(72)88(74)78)62-48-44-58(45-49-62)65-26-7-8-27-66(65)64-25-15-24-63(56-64)57-42-46-61(47-43-57)96-100-94(60-22-5-2-6-23-60)103-98(104-96)91-79(54-55-86-90(91)81-32-13-14-40-84(81)105-86)71-50-52-77-69-30-11-9-28-67(69)73-33-16-35-75(71)87(73)77/h1-56H. The smallest absolute Gasteiger partial charge is 0.165 e. The number of fused-ring (bicyclic) bond motifs is 12. The van der Waals surface area contributed by atoms with E-state index in [0.29, 0.717) is 34.9 Å². The first-order valence-electron chi connectivity index (χ1n) is 35.8. The highest BCUT2D eigenvalue weighted by atomic mass is 16.3. The highest BCUT2D eigenvalue weighted by molar-refractivity contribution is 6.24. The molecule has 20 aromatic rings. The first-order valence-corrected chi connectivity index (χ1v) is 35.8. The lowest BCUT2D eigenvalue weighted by Gasteiger charge is -2.16. The van der Waals surface area contributed by atoms with Gasteiger partial charge in [-0.1, -0.05) is 309 Å². The van der Waals surface area contributed by atoms with Crippen molar-refractivity contribution in [3.8, 4) is 168 Å². The quantitative estimate of drug-likeness (QED) is 0.126. The molecule has 0 spiro atoms. The van der Waals surface area contributed by atoms with Crippen molar-refractivity contribution < 1.29 is 8.83 Å². The second-order valence-electron chi connectivity index (χ2n) is 27.4. The van der Waals surface area contributed by atoms with Gasteiger partial charge in [-0.05, 0) is 146 Å². The second-order valence-corrected chi connectivity index (χ2v) is 27.4. The fourth-order valence-electron chi connectivity index (χ4n) is 16.7. The lowest BCUT2D eigenvalue weighted by molar-refractivity contribution is 0.669. The topological polar surface area (TPSA) is 104 Å². The number of benzene rings is 16. The molecule has 0 aliphatic heterocycles. The molecule has 490 valence electrons. The summed E-state index contributed by atoms with van der Waals surface area (Å²) in [5.74, 6) is 3.42. The van der Waals surface area contributed by atoms with Crippen LogP contribution < -0.4 is 0 Å². The minimum Gasteiger partial charge on any atom is -0.456 e. The molecule has 2 aliphatic carbocycles. The first kappa shape index (κ1) is 59.4. The van der Waals surface area contributed by atoms with Crippen LogP contribution in [0.25, 0.3) is 234 Å². The van der Waals surface area contributed by atoms with Crippen LogP contribution in [-0.2, 0) is 0 Å². The third kappa shape index (κ3) is 9.34. The molecule has 4 aromatic heterocycles. The van der Waals surface area contributed by atoms with Gasteiger partial charge >= 0.3 is 0 Å². The molecule has 106 heavy (non-hydrogen) atoms. The third-order valence-corrected chi connectivity index (χ3v) is 21.6. The lowest BCUT2D eigenvalue weighted by Crippen LogP contribution is -2.01. The SMILES string of the molecule is c1ccc(-c2nc(-c3ccc(-c4cccc(-c5ccccc5-c5ccc(-c6nc(-c7ccccc7)nc(-c7cccc8oc9c(-c%10ccc%11c%12c(cccc%10%12)-c%10ccccc%10-%11)cccc9c78)n6)cc5)c4)cc3)nc(-c3c(-c4ccc5c6c(cccc46)-c4ccccc4-5)ccc4oc5ccccc5c34)n2)cc1. The van der Waals surface area contributed by atoms with E-state index in [2.05, 4.69) is 267 Å². The highest BCUT2D eigenvalue weighted by Crippen LogP contribution is 2.54. The molecule has 8 nitrogen and oxygen atoms in total. The second kappa shape index (κ2) is 23.6. The molecule has 0 saturated carbocycles. The van der Waals surface area contributed by atoms with Gasteiger partial charge in [0.15, 0.2) is 34.9 Å². The summed E-state index contributed by atoms with van der Waals surface area (Å²) in [5.41, 5.74) is 29.2. The molecule has 22 rings (SSSR count). The van der Waals surface area contributed by atoms with Gasteiger partial charge in [-0.15, -0.1) is 0 Å². The predicted octanol–water partition coefficient (Wildman–Crippen LogP) is 25.8. The molecule has 0 unspecified atom stereocenters. The summed E-state index contributed by atoms with van der Waals surface area (Å²) in [6, 6.07) is 120. The molecule has 0 radical (unpaired) electrons. The van der Waals surface area contributed by atoms with Gasteiger partial charge in [0.05, 0.1) is 0 Å². The molecule has 0 amide bonds. The van der Waals surface area contributed by atoms with E-state index in [1.165, 1.54) is 66.1 Å². The van der Waals surface area contributed by atoms with Crippen LogP contribution >= 0.6 is 0 Å². The highest BCUT2D eigenvalue weighted by Gasteiger charge is 2.29. The monoisotopic (exact) mass is 1350 g/mol. The van der Waals surface area contributed by atoms with Gasteiger partial charge in [-0.3, -0.25) is 0 Å². The van der Waals surface area contributed by atoms with Crippen LogP contribution in [0.5, 0.6) is 0 Å². The molecule has 0 bridgehead atoms. The van der Waals surface area contributed by atoms with Gasteiger partial charge < -0.3 is 8.83 Å². The Balaban J connectivity index is 0.601. The zero-order chi connectivity index (χ0) is 69.5. The summed E-state index contributed by atoms with van der Waals surface area (Å²) in [6.45, 7) is 0. The summed E-state index contributed by atoms with van der Waals surface area (Å²) < 4.78 is 13.6. The van der Waals surface area contributed by atoms with Crippen LogP contribution in [0.4, 0.5) is 0 Å². The van der Waals surface area contributed by atoms with Gasteiger partial charge in [0, 0.05) is 60.5 Å². The van der Waals surface area contributed by atoms with Crippen LogP contribution in [0.3, 0.4) is 0 Å². The Hall–Kier alpha value is -14.3. The van der Waals surface area contributed by atoms with Crippen molar-refractivity contribution in [1.29, 1.82) is 0 Å². The van der Waals surface area contributed by atoms with Gasteiger partial charge in [0.1, 0.15) is 22.3 Å². The Bertz CT molecular complexity index is 7000. The van der Waals surface area contributed by atoms with Crippen LogP contribution in [0.15, 0.2) is 349 Å². The van der Waals surface area contributed by atoms with Crippen molar-refractivity contribution in [1.82, 2.24) is 29.9 Å². The zero-order valence-corrected chi connectivity index (χ0v) is 56.8. The summed E-state index contributed by atoms with van der Waals surface area (Å²) in [4.78, 5) is 32.0. The maximum atomic E-state index is 6.96. The molecular weight excluding hydrogens is 1290 g/mol. The minimum atomic E-state index is 0.560. The Kier molecular flexibility index (Phi) is 13.2. The Labute approximate surface area is 608 Å². The van der Waals surface area contributed by atoms with E-state index in [0.717, 1.165) is 133 Å². The van der Waals surface area contributed by atoms with Crippen LogP contribution in [0.2, 0.25) is 0 Å². The predicted molar refractivity (Wildman–Crippen MR) is 431 cm³/mol. The molecule has 0 saturated heterocycles. The maximum absolute atomic E-state index is 6.96. The van der Waals surface area contributed by atoms with Crippen molar-refractivity contribution in [2.24, 2.45) is 0 Å². The number of hydrogen-bond acceptors (Lipinski definition) is 8. The van der Waals surface area contributed by atoms with Gasteiger partial charge in [0.2, 0.25) is 0 Å². The summed E-state index contributed by atoms with van der Waals surface area (Å²) in [6.07, 6.45) is 0. The lowest BCUT2D eigenvalue weighted by atomic mass is 9.89. The number of hydrogen-bond donors (Lipinski definition) is 0. The number of para-hydroxylation sites is 2. The van der Waals surface area contributed by atoms with Gasteiger partial charge in [-0.2, -0.15) is 0 Å². The van der Waals surface area contributed by atoms with Crippen LogP contribution in [-0.4, -0.2) is 29.9 Å². The fraction of sp³-hybridized carbons (Fsp3) is 0. The zero-order valence-electron chi connectivity index (χ0n) is 56.8. The summed E-state index contributed by atoms with van der Waals surface area (Å²) in [7, 11) is 0. The molecule has 0 N–H and O–H groups in total. The van der Waals surface area contributed by atoms with Crippen LogP contribution in [0.1, 0.15) is 0 Å².